The molecule has 0 radical (unpaired) electrons. The highest BCUT2D eigenvalue weighted by Crippen LogP contribution is 2.15. The monoisotopic (exact) mass is 331 g/mol. The average Bonchev–Trinajstić information content (AvgIpc) is 2.45. The normalized spacial score (nSPS) is 10.2. The van der Waals surface area contributed by atoms with Crippen molar-refractivity contribution >= 4 is 23.4 Å². The summed E-state index contributed by atoms with van der Waals surface area (Å²) in [5.74, 6) is 2.59. The van der Waals surface area contributed by atoms with Gasteiger partial charge in [-0.05, 0) is 45.0 Å². The zero-order chi connectivity index (χ0) is 18.2. The molecule has 130 valence electrons. The predicted molar refractivity (Wildman–Crippen MR) is 95.8 cm³/mol. The molecule has 6 nitrogen and oxygen atoms in total. The van der Waals surface area contributed by atoms with E-state index in [0.29, 0.717) is 6.42 Å². The maximum absolute atomic E-state index is 11.8. The third kappa shape index (κ3) is 8.08. The molecule has 0 aromatic heterocycles. The molecular formula is C18H25N3O3. The minimum atomic E-state index is -0.597. The van der Waals surface area contributed by atoms with E-state index in [4.69, 9.17) is 4.74 Å². The third-order valence-corrected chi connectivity index (χ3v) is 2.80. The smallest absolute Gasteiger partial charge is 0.419 e. The van der Waals surface area contributed by atoms with E-state index in [-0.39, 0.29) is 12.3 Å². The van der Waals surface area contributed by atoms with Crippen molar-refractivity contribution in [2.75, 3.05) is 24.3 Å². The third-order valence-electron chi connectivity index (χ3n) is 2.80. The second kappa shape index (κ2) is 8.82. The number of hydrogen-bond acceptors (Lipinski definition) is 4. The van der Waals surface area contributed by atoms with E-state index in [9.17, 15) is 9.59 Å². The molecule has 0 atom stereocenters. The Bertz CT molecular complexity index is 620. The average molecular weight is 331 g/mol. The SMILES string of the molecule is CN(C)c1ccc(NC(=O)CCC#CNC(=O)OC(C)(C)C)cc1. The van der Waals surface area contributed by atoms with Gasteiger partial charge < -0.3 is 15.0 Å². The first-order valence-corrected chi connectivity index (χ1v) is 7.71. The summed E-state index contributed by atoms with van der Waals surface area (Å²) >= 11 is 0. The topological polar surface area (TPSA) is 70.7 Å². The Labute approximate surface area is 143 Å². The number of nitrogens with zero attached hydrogens (tertiary/aromatic N) is 1. The maximum Gasteiger partial charge on any atom is 0.419 e. The molecule has 0 aliphatic carbocycles. The molecule has 0 fully saturated rings. The first kappa shape index (κ1) is 19.4. The molecule has 2 amide bonds. The van der Waals surface area contributed by atoms with Gasteiger partial charge in [0.1, 0.15) is 5.60 Å². The van der Waals surface area contributed by atoms with Crippen molar-refractivity contribution in [2.45, 2.75) is 39.2 Å². The van der Waals surface area contributed by atoms with Crippen LogP contribution in [0.4, 0.5) is 16.2 Å². The molecule has 0 aliphatic rings. The summed E-state index contributed by atoms with van der Waals surface area (Å²) in [7, 11) is 3.91. The lowest BCUT2D eigenvalue weighted by atomic mass is 10.2. The van der Waals surface area contributed by atoms with E-state index >= 15 is 0 Å². The van der Waals surface area contributed by atoms with Crippen LogP contribution in [0.3, 0.4) is 0 Å². The van der Waals surface area contributed by atoms with Gasteiger partial charge in [0, 0.05) is 44.4 Å². The largest absolute Gasteiger partial charge is 0.443 e. The fourth-order valence-corrected chi connectivity index (χ4v) is 1.70. The molecular weight excluding hydrogens is 306 g/mol. The molecule has 6 heteroatoms. The van der Waals surface area contributed by atoms with Crippen molar-refractivity contribution in [1.29, 1.82) is 0 Å². The molecule has 1 rings (SSSR count). The summed E-state index contributed by atoms with van der Waals surface area (Å²) in [5, 5.41) is 5.12. The van der Waals surface area contributed by atoms with Crippen molar-refractivity contribution in [2.24, 2.45) is 0 Å². The number of alkyl carbamates (subject to hydrolysis) is 1. The standard InChI is InChI=1S/C18H25N3O3/c1-18(2,3)24-17(23)19-13-7-6-8-16(22)20-14-9-11-15(12-10-14)21(4)5/h9-12H,6,8H2,1-5H3,(H,19,23)(H,20,22). The van der Waals surface area contributed by atoms with Crippen molar-refractivity contribution in [3.63, 3.8) is 0 Å². The summed E-state index contributed by atoms with van der Waals surface area (Å²) in [6, 6.07) is 10.0. The lowest BCUT2D eigenvalue weighted by molar-refractivity contribution is -0.116. The highest BCUT2D eigenvalue weighted by atomic mass is 16.6. The minimum Gasteiger partial charge on any atom is -0.443 e. The van der Waals surface area contributed by atoms with Crippen LogP contribution in [-0.2, 0) is 9.53 Å². The van der Waals surface area contributed by atoms with Crippen LogP contribution in [0.25, 0.3) is 0 Å². The molecule has 1 aromatic rings. The maximum atomic E-state index is 11.8. The van der Waals surface area contributed by atoms with Crippen molar-refractivity contribution in [3.8, 4) is 12.0 Å². The van der Waals surface area contributed by atoms with Gasteiger partial charge in [-0.25, -0.2) is 10.1 Å². The lowest BCUT2D eigenvalue weighted by Crippen LogP contribution is -2.29. The Kier molecular flexibility index (Phi) is 7.12. The Morgan fingerprint density at radius 2 is 1.79 bits per heavy atom. The highest BCUT2D eigenvalue weighted by Gasteiger charge is 2.14. The van der Waals surface area contributed by atoms with Gasteiger partial charge in [-0.1, -0.05) is 5.92 Å². The summed E-state index contributed by atoms with van der Waals surface area (Å²) in [4.78, 5) is 25.2. The molecule has 0 heterocycles. The number of benzene rings is 1. The summed E-state index contributed by atoms with van der Waals surface area (Å²) < 4.78 is 5.04. The number of amides is 2. The highest BCUT2D eigenvalue weighted by molar-refractivity contribution is 5.91. The van der Waals surface area contributed by atoms with Crippen LogP contribution in [0.1, 0.15) is 33.6 Å². The second-order valence-corrected chi connectivity index (χ2v) is 6.42. The van der Waals surface area contributed by atoms with Gasteiger partial charge in [0.15, 0.2) is 0 Å². The van der Waals surface area contributed by atoms with Gasteiger partial charge in [0.2, 0.25) is 5.91 Å². The molecule has 0 aliphatic heterocycles. The molecule has 24 heavy (non-hydrogen) atoms. The van der Waals surface area contributed by atoms with E-state index < -0.39 is 11.7 Å². The van der Waals surface area contributed by atoms with Crippen molar-refractivity contribution in [1.82, 2.24) is 5.32 Å². The zero-order valence-electron chi connectivity index (χ0n) is 14.9. The molecule has 2 N–H and O–H groups in total. The minimum absolute atomic E-state index is 0.126. The first-order valence-electron chi connectivity index (χ1n) is 7.71. The van der Waals surface area contributed by atoms with Crippen LogP contribution in [0.5, 0.6) is 0 Å². The van der Waals surface area contributed by atoms with Gasteiger partial charge in [-0.2, -0.15) is 0 Å². The Hall–Kier alpha value is -2.68. The summed E-state index contributed by atoms with van der Waals surface area (Å²) in [6.07, 6.45) is -0.00372. The van der Waals surface area contributed by atoms with Gasteiger partial charge in [-0.3, -0.25) is 4.79 Å². The number of hydrogen-bond donors (Lipinski definition) is 2. The number of nitrogens with one attached hydrogen (secondary N) is 2. The predicted octanol–water partition coefficient (Wildman–Crippen LogP) is 2.96. The number of carbonyl (C=O) groups excluding carboxylic acids is 2. The van der Waals surface area contributed by atoms with Crippen LogP contribution in [0.15, 0.2) is 24.3 Å². The van der Waals surface area contributed by atoms with Crippen molar-refractivity contribution < 1.29 is 14.3 Å². The van der Waals surface area contributed by atoms with Crippen LogP contribution >= 0.6 is 0 Å². The van der Waals surface area contributed by atoms with E-state index in [0.717, 1.165) is 11.4 Å². The van der Waals surface area contributed by atoms with Crippen LogP contribution < -0.4 is 15.5 Å². The Morgan fingerprint density at radius 3 is 2.33 bits per heavy atom. The molecule has 0 bridgehead atoms. The quantitative estimate of drug-likeness (QED) is 0.657. The van der Waals surface area contributed by atoms with E-state index in [1.54, 1.807) is 20.8 Å². The molecule has 1 aromatic carbocycles. The van der Waals surface area contributed by atoms with Gasteiger partial charge in [-0.15, -0.1) is 0 Å². The number of anilines is 2. The Morgan fingerprint density at radius 1 is 1.17 bits per heavy atom. The second-order valence-electron chi connectivity index (χ2n) is 6.42. The van der Waals surface area contributed by atoms with Gasteiger partial charge in [0.05, 0.1) is 0 Å². The van der Waals surface area contributed by atoms with Gasteiger partial charge >= 0.3 is 6.09 Å². The zero-order valence-corrected chi connectivity index (χ0v) is 14.9. The number of rotatable bonds is 4. The van der Waals surface area contributed by atoms with E-state index in [2.05, 4.69) is 22.6 Å². The van der Waals surface area contributed by atoms with Gasteiger partial charge in [0.25, 0.3) is 0 Å². The van der Waals surface area contributed by atoms with Crippen LogP contribution in [0.2, 0.25) is 0 Å². The number of carbonyl (C=O) groups is 2. The molecule has 0 spiro atoms. The lowest BCUT2D eigenvalue weighted by Gasteiger charge is -2.18. The Balaban J connectivity index is 2.32. The summed E-state index contributed by atoms with van der Waals surface area (Å²) in [6.45, 7) is 5.32. The summed E-state index contributed by atoms with van der Waals surface area (Å²) in [5.41, 5.74) is 1.24. The molecule has 0 saturated heterocycles. The van der Waals surface area contributed by atoms with Crippen LogP contribution in [-0.4, -0.2) is 31.7 Å². The van der Waals surface area contributed by atoms with Crippen LogP contribution in [0, 0.1) is 12.0 Å². The number of ether oxygens (including phenoxy) is 1. The molecule has 0 saturated carbocycles. The van der Waals surface area contributed by atoms with E-state index in [1.807, 2.05) is 43.3 Å². The fraction of sp³-hybridized carbons (Fsp3) is 0.444. The van der Waals surface area contributed by atoms with Crippen molar-refractivity contribution in [3.05, 3.63) is 24.3 Å². The molecule has 0 unspecified atom stereocenters. The fourth-order valence-electron chi connectivity index (χ4n) is 1.70. The van der Waals surface area contributed by atoms with E-state index in [1.165, 1.54) is 0 Å². The first-order chi connectivity index (χ1) is 11.2.